The van der Waals surface area contributed by atoms with Gasteiger partial charge in [-0.3, -0.25) is 0 Å². The highest BCUT2D eigenvalue weighted by atomic mass is 32.2. The number of aliphatic hydroxyl groups is 1. The molecule has 0 spiro atoms. The highest BCUT2D eigenvalue weighted by Crippen LogP contribution is 2.28. The van der Waals surface area contributed by atoms with Crippen LogP contribution in [-0.2, 0) is 10.0 Å². The maximum Gasteiger partial charge on any atom is 0.242 e. The molecule has 0 atom stereocenters. The van der Waals surface area contributed by atoms with Gasteiger partial charge in [-0.2, -0.15) is 0 Å². The third kappa shape index (κ3) is 3.75. The van der Waals surface area contributed by atoms with E-state index < -0.39 is 15.6 Å². The van der Waals surface area contributed by atoms with Gasteiger partial charge in [0.25, 0.3) is 0 Å². The van der Waals surface area contributed by atoms with Crippen LogP contribution in [0.3, 0.4) is 0 Å². The zero-order valence-electron chi connectivity index (χ0n) is 12.6. The fraction of sp³-hybridized carbons (Fsp3) is 0.600. The lowest BCUT2D eigenvalue weighted by molar-refractivity contribution is 0.00946. The topological polar surface area (TPSA) is 92.4 Å². The van der Waals surface area contributed by atoms with E-state index >= 15 is 0 Å². The lowest BCUT2D eigenvalue weighted by atomic mass is 9.85. The Morgan fingerprint density at radius 1 is 1.19 bits per heavy atom. The fourth-order valence-electron chi connectivity index (χ4n) is 2.74. The van der Waals surface area contributed by atoms with E-state index in [2.05, 4.69) is 4.72 Å². The Labute approximate surface area is 126 Å². The Hall–Kier alpha value is -1.11. The average Bonchev–Trinajstić information content (AvgIpc) is 2.42. The minimum atomic E-state index is -3.70. The molecule has 1 aromatic rings. The normalized spacial score (nSPS) is 18.6. The molecule has 0 aromatic heterocycles. The van der Waals surface area contributed by atoms with E-state index in [1.54, 1.807) is 12.1 Å². The molecule has 21 heavy (non-hydrogen) atoms. The molecule has 1 saturated carbocycles. The van der Waals surface area contributed by atoms with Gasteiger partial charge in [0.05, 0.1) is 11.3 Å². The SMILES string of the molecule is Cc1cc(N)c(S(=O)(=O)NCC2(O)CCCCC2)cc1C. The molecule has 1 aliphatic carbocycles. The number of hydrogen-bond donors (Lipinski definition) is 3. The largest absolute Gasteiger partial charge is 0.398 e. The number of benzene rings is 1. The van der Waals surface area contributed by atoms with Crippen molar-refractivity contribution in [1.29, 1.82) is 0 Å². The number of nitrogens with two attached hydrogens (primary N) is 1. The number of aryl methyl sites for hydroxylation is 2. The van der Waals surface area contributed by atoms with Crippen LogP contribution in [0.2, 0.25) is 0 Å². The van der Waals surface area contributed by atoms with Gasteiger partial charge in [0, 0.05) is 6.54 Å². The molecule has 0 bridgehead atoms. The van der Waals surface area contributed by atoms with Crippen LogP contribution in [-0.4, -0.2) is 25.7 Å². The molecule has 0 saturated heterocycles. The van der Waals surface area contributed by atoms with Gasteiger partial charge in [0.1, 0.15) is 4.90 Å². The quantitative estimate of drug-likeness (QED) is 0.740. The van der Waals surface area contributed by atoms with Crippen molar-refractivity contribution in [3.05, 3.63) is 23.3 Å². The van der Waals surface area contributed by atoms with Crippen LogP contribution in [0.4, 0.5) is 5.69 Å². The van der Waals surface area contributed by atoms with Gasteiger partial charge in [-0.05, 0) is 49.9 Å². The third-order valence-electron chi connectivity index (χ3n) is 4.29. The first kappa shape index (κ1) is 16.3. The molecule has 0 unspecified atom stereocenters. The number of rotatable bonds is 4. The molecule has 4 N–H and O–H groups in total. The number of anilines is 1. The fourth-order valence-corrected chi connectivity index (χ4v) is 4.05. The van der Waals surface area contributed by atoms with Gasteiger partial charge >= 0.3 is 0 Å². The summed E-state index contributed by atoms with van der Waals surface area (Å²) in [4.78, 5) is 0.0880. The molecule has 6 heteroatoms. The Bertz CT molecular complexity index is 620. The van der Waals surface area contributed by atoms with Crippen molar-refractivity contribution in [3.8, 4) is 0 Å². The Balaban J connectivity index is 2.17. The van der Waals surface area contributed by atoms with Crippen LogP contribution >= 0.6 is 0 Å². The predicted octanol–water partition coefficient (Wildman–Crippen LogP) is 1.86. The van der Waals surface area contributed by atoms with E-state index in [4.69, 9.17) is 5.73 Å². The molecular formula is C15H24N2O3S. The van der Waals surface area contributed by atoms with Crippen LogP contribution in [0, 0.1) is 13.8 Å². The van der Waals surface area contributed by atoms with Gasteiger partial charge in [-0.25, -0.2) is 13.1 Å². The molecule has 118 valence electrons. The van der Waals surface area contributed by atoms with E-state index in [-0.39, 0.29) is 17.1 Å². The second kappa shape index (κ2) is 5.94. The predicted molar refractivity (Wildman–Crippen MR) is 83.6 cm³/mol. The molecule has 1 aliphatic rings. The van der Waals surface area contributed by atoms with Crippen LogP contribution in [0.5, 0.6) is 0 Å². The minimum absolute atomic E-state index is 0.0434. The second-order valence-electron chi connectivity index (χ2n) is 6.08. The van der Waals surface area contributed by atoms with Gasteiger partial charge in [0.2, 0.25) is 10.0 Å². The summed E-state index contributed by atoms with van der Waals surface area (Å²) in [5, 5.41) is 10.4. The van der Waals surface area contributed by atoms with Gasteiger partial charge in [-0.15, -0.1) is 0 Å². The molecule has 0 aliphatic heterocycles. The Morgan fingerprint density at radius 2 is 1.76 bits per heavy atom. The molecule has 1 aromatic carbocycles. The molecule has 1 fully saturated rings. The van der Waals surface area contributed by atoms with Gasteiger partial charge < -0.3 is 10.8 Å². The van der Waals surface area contributed by atoms with Crippen molar-refractivity contribution in [3.63, 3.8) is 0 Å². The maximum atomic E-state index is 12.4. The number of nitrogens with one attached hydrogen (secondary N) is 1. The zero-order valence-corrected chi connectivity index (χ0v) is 13.5. The van der Waals surface area contributed by atoms with E-state index in [1.165, 1.54) is 0 Å². The van der Waals surface area contributed by atoms with Crippen LogP contribution < -0.4 is 10.5 Å². The molecular weight excluding hydrogens is 288 g/mol. The first-order chi connectivity index (χ1) is 9.73. The molecule has 0 amide bonds. The Morgan fingerprint density at radius 3 is 2.38 bits per heavy atom. The van der Waals surface area contributed by atoms with Crippen molar-refractivity contribution >= 4 is 15.7 Å². The second-order valence-corrected chi connectivity index (χ2v) is 7.82. The smallest absolute Gasteiger partial charge is 0.242 e. The van der Waals surface area contributed by atoms with Crippen molar-refractivity contribution < 1.29 is 13.5 Å². The van der Waals surface area contributed by atoms with E-state index in [0.29, 0.717) is 12.8 Å². The summed E-state index contributed by atoms with van der Waals surface area (Å²) >= 11 is 0. The highest BCUT2D eigenvalue weighted by Gasteiger charge is 2.31. The summed E-state index contributed by atoms with van der Waals surface area (Å²) < 4.78 is 27.3. The number of nitrogen functional groups attached to an aromatic ring is 1. The van der Waals surface area contributed by atoms with Crippen LogP contribution in [0.25, 0.3) is 0 Å². The highest BCUT2D eigenvalue weighted by molar-refractivity contribution is 7.89. The minimum Gasteiger partial charge on any atom is -0.398 e. The van der Waals surface area contributed by atoms with Crippen molar-refractivity contribution in [2.24, 2.45) is 0 Å². The van der Waals surface area contributed by atoms with Gasteiger partial charge in [0.15, 0.2) is 0 Å². The first-order valence-electron chi connectivity index (χ1n) is 7.32. The molecule has 0 heterocycles. The van der Waals surface area contributed by atoms with Crippen LogP contribution in [0.15, 0.2) is 17.0 Å². The number of hydrogen-bond acceptors (Lipinski definition) is 4. The molecule has 0 radical (unpaired) electrons. The summed E-state index contributed by atoms with van der Waals surface area (Å²) in [6.07, 6.45) is 4.24. The van der Waals surface area contributed by atoms with Crippen molar-refractivity contribution in [1.82, 2.24) is 4.72 Å². The monoisotopic (exact) mass is 312 g/mol. The third-order valence-corrected chi connectivity index (χ3v) is 5.75. The zero-order chi connectivity index (χ0) is 15.7. The Kier molecular flexibility index (Phi) is 4.60. The van der Waals surface area contributed by atoms with E-state index in [0.717, 1.165) is 30.4 Å². The molecule has 5 nitrogen and oxygen atoms in total. The van der Waals surface area contributed by atoms with Crippen molar-refractivity contribution in [2.75, 3.05) is 12.3 Å². The van der Waals surface area contributed by atoms with E-state index in [9.17, 15) is 13.5 Å². The molecule has 2 rings (SSSR count). The summed E-state index contributed by atoms with van der Waals surface area (Å²) in [5.74, 6) is 0. The number of sulfonamides is 1. The summed E-state index contributed by atoms with van der Waals surface area (Å²) in [6.45, 7) is 3.78. The van der Waals surface area contributed by atoms with Crippen LogP contribution in [0.1, 0.15) is 43.2 Å². The van der Waals surface area contributed by atoms with Crippen molar-refractivity contribution in [2.45, 2.75) is 56.4 Å². The summed E-state index contributed by atoms with van der Waals surface area (Å²) in [7, 11) is -3.70. The van der Waals surface area contributed by atoms with Gasteiger partial charge in [-0.1, -0.05) is 19.3 Å². The summed E-state index contributed by atoms with van der Waals surface area (Å²) in [6, 6.07) is 3.25. The lowest BCUT2D eigenvalue weighted by Crippen LogP contribution is -2.44. The standard InChI is InChI=1S/C15H24N2O3S/c1-11-8-13(16)14(9-12(11)2)21(19,20)17-10-15(18)6-4-3-5-7-15/h8-9,17-18H,3-7,10,16H2,1-2H3. The average molecular weight is 312 g/mol. The lowest BCUT2D eigenvalue weighted by Gasteiger charge is -2.32. The maximum absolute atomic E-state index is 12.4. The van der Waals surface area contributed by atoms with E-state index in [1.807, 2.05) is 13.8 Å². The first-order valence-corrected chi connectivity index (χ1v) is 8.81. The summed E-state index contributed by atoms with van der Waals surface area (Å²) in [5.41, 5.74) is 6.97.